The van der Waals surface area contributed by atoms with E-state index in [4.69, 9.17) is 16.7 Å². The lowest BCUT2D eigenvalue weighted by molar-refractivity contribution is -0.144. The molecule has 0 spiro atoms. The monoisotopic (exact) mass is 270 g/mol. The number of carboxylic acid groups (broad SMARTS) is 1. The number of carbonyl (C=O) groups is 2. The Bertz CT molecular complexity index is 474. The fourth-order valence-corrected chi connectivity index (χ4v) is 1.77. The number of carboxylic acids is 1. The van der Waals surface area contributed by atoms with Gasteiger partial charge in [0, 0.05) is 14.1 Å². The number of hydrogen-bond acceptors (Lipinski definition) is 3. The molecule has 18 heavy (non-hydrogen) atoms. The highest BCUT2D eigenvalue weighted by Gasteiger charge is 2.22. The minimum Gasteiger partial charge on any atom is -0.481 e. The first-order valence-corrected chi connectivity index (χ1v) is 5.72. The van der Waals surface area contributed by atoms with Crippen LogP contribution in [0.25, 0.3) is 0 Å². The summed E-state index contributed by atoms with van der Waals surface area (Å²) in [7, 11) is 3.58. The number of anilines is 2. The van der Waals surface area contributed by atoms with Gasteiger partial charge < -0.3 is 15.3 Å². The minimum absolute atomic E-state index is 0.487. The Labute approximate surface area is 110 Å². The van der Waals surface area contributed by atoms with Crippen LogP contribution in [0.1, 0.15) is 6.92 Å². The number of carbonyl (C=O) groups excluding carboxylic acids is 1. The second-order valence-electron chi connectivity index (χ2n) is 4.08. The first-order valence-electron chi connectivity index (χ1n) is 5.34. The molecule has 0 bridgehead atoms. The van der Waals surface area contributed by atoms with Crippen molar-refractivity contribution in [3.63, 3.8) is 0 Å². The average Bonchev–Trinajstić information content (AvgIpc) is 2.27. The number of amides is 1. The quantitative estimate of drug-likeness (QED) is 0.822. The van der Waals surface area contributed by atoms with Crippen molar-refractivity contribution in [2.45, 2.75) is 6.92 Å². The van der Waals surface area contributed by atoms with E-state index in [0.717, 1.165) is 0 Å². The molecular weight excluding hydrogens is 256 g/mol. The number of benzene rings is 1. The Morgan fingerprint density at radius 2 is 2.00 bits per heavy atom. The zero-order chi connectivity index (χ0) is 13.9. The van der Waals surface area contributed by atoms with E-state index < -0.39 is 17.8 Å². The lowest BCUT2D eigenvalue weighted by atomic mass is 10.1. The van der Waals surface area contributed by atoms with Gasteiger partial charge in [-0.2, -0.15) is 0 Å². The van der Waals surface area contributed by atoms with E-state index >= 15 is 0 Å². The van der Waals surface area contributed by atoms with Crippen LogP contribution in [0.15, 0.2) is 18.2 Å². The van der Waals surface area contributed by atoms with Gasteiger partial charge in [-0.1, -0.05) is 17.7 Å². The van der Waals surface area contributed by atoms with Crippen molar-refractivity contribution in [2.75, 3.05) is 24.3 Å². The molecule has 1 aromatic rings. The standard InChI is InChI=1S/C12H15ClN2O3/c1-7(12(17)18)11(16)14-9-6-4-5-8(13)10(9)15(2)3/h4-7H,1-3H3,(H,14,16)(H,17,18). The van der Waals surface area contributed by atoms with Gasteiger partial charge in [0.2, 0.25) is 5.91 Å². The number of nitrogens with one attached hydrogen (secondary N) is 1. The van der Waals surface area contributed by atoms with Gasteiger partial charge in [0.25, 0.3) is 0 Å². The number of rotatable bonds is 4. The predicted molar refractivity (Wildman–Crippen MR) is 71.2 cm³/mol. The summed E-state index contributed by atoms with van der Waals surface area (Å²) in [4.78, 5) is 24.2. The second-order valence-corrected chi connectivity index (χ2v) is 4.49. The molecule has 0 saturated heterocycles. The molecule has 0 fully saturated rings. The fraction of sp³-hybridized carbons (Fsp3) is 0.333. The lowest BCUT2D eigenvalue weighted by Gasteiger charge is -2.20. The number of nitrogens with zero attached hydrogens (tertiary/aromatic N) is 1. The Kier molecular flexibility index (Phi) is 4.55. The summed E-state index contributed by atoms with van der Waals surface area (Å²) in [6.45, 7) is 1.33. The molecule has 98 valence electrons. The van der Waals surface area contributed by atoms with Crippen LogP contribution in [0.5, 0.6) is 0 Å². The summed E-state index contributed by atoms with van der Waals surface area (Å²) >= 11 is 6.04. The van der Waals surface area contributed by atoms with Crippen molar-refractivity contribution in [3.8, 4) is 0 Å². The number of para-hydroxylation sites is 1. The fourth-order valence-electron chi connectivity index (χ4n) is 1.42. The van der Waals surface area contributed by atoms with E-state index in [9.17, 15) is 9.59 Å². The molecule has 2 N–H and O–H groups in total. The number of aliphatic carboxylic acids is 1. The third-order valence-corrected chi connectivity index (χ3v) is 2.76. The van der Waals surface area contributed by atoms with Crippen molar-refractivity contribution in [1.29, 1.82) is 0 Å². The summed E-state index contributed by atoms with van der Waals surface area (Å²) in [5, 5.41) is 11.8. The molecular formula is C12H15ClN2O3. The Morgan fingerprint density at radius 1 is 1.39 bits per heavy atom. The highest BCUT2D eigenvalue weighted by atomic mass is 35.5. The molecule has 0 radical (unpaired) electrons. The van der Waals surface area contributed by atoms with E-state index in [0.29, 0.717) is 16.4 Å². The smallest absolute Gasteiger partial charge is 0.315 e. The molecule has 1 amide bonds. The van der Waals surface area contributed by atoms with Crippen LogP contribution < -0.4 is 10.2 Å². The minimum atomic E-state index is -1.17. The lowest BCUT2D eigenvalue weighted by Crippen LogP contribution is -2.27. The Morgan fingerprint density at radius 3 is 2.50 bits per heavy atom. The van der Waals surface area contributed by atoms with Gasteiger partial charge in [0.05, 0.1) is 16.4 Å². The highest BCUT2D eigenvalue weighted by Crippen LogP contribution is 2.32. The van der Waals surface area contributed by atoms with Gasteiger partial charge in [-0.25, -0.2) is 0 Å². The van der Waals surface area contributed by atoms with Crippen LogP contribution in [0.3, 0.4) is 0 Å². The summed E-state index contributed by atoms with van der Waals surface area (Å²) < 4.78 is 0. The van der Waals surface area contributed by atoms with E-state index in [1.165, 1.54) is 6.92 Å². The summed E-state index contributed by atoms with van der Waals surface area (Å²) in [5.41, 5.74) is 1.13. The largest absolute Gasteiger partial charge is 0.481 e. The van der Waals surface area contributed by atoms with Crippen molar-refractivity contribution < 1.29 is 14.7 Å². The summed E-state index contributed by atoms with van der Waals surface area (Å²) in [6, 6.07) is 5.07. The second kappa shape index (κ2) is 5.73. The van der Waals surface area contributed by atoms with Crippen LogP contribution >= 0.6 is 11.6 Å². The molecule has 0 aliphatic carbocycles. The van der Waals surface area contributed by atoms with Crippen LogP contribution in [0.4, 0.5) is 11.4 Å². The first kappa shape index (κ1) is 14.3. The van der Waals surface area contributed by atoms with Crippen LogP contribution in [0, 0.1) is 5.92 Å². The van der Waals surface area contributed by atoms with Crippen molar-refractivity contribution in [3.05, 3.63) is 23.2 Å². The molecule has 0 heterocycles. The van der Waals surface area contributed by atoms with E-state index in [2.05, 4.69) is 5.32 Å². The SMILES string of the molecule is CC(C(=O)O)C(=O)Nc1cccc(Cl)c1N(C)C. The molecule has 0 saturated carbocycles. The van der Waals surface area contributed by atoms with Crippen molar-refractivity contribution in [2.24, 2.45) is 5.92 Å². The maximum atomic E-state index is 11.7. The third kappa shape index (κ3) is 3.13. The van der Waals surface area contributed by atoms with Crippen LogP contribution in [-0.2, 0) is 9.59 Å². The molecule has 1 aromatic carbocycles. The zero-order valence-electron chi connectivity index (χ0n) is 10.4. The van der Waals surface area contributed by atoms with E-state index in [-0.39, 0.29) is 0 Å². The molecule has 6 heteroatoms. The maximum absolute atomic E-state index is 11.7. The predicted octanol–water partition coefficient (Wildman–Crippen LogP) is 2.07. The zero-order valence-corrected chi connectivity index (χ0v) is 11.2. The van der Waals surface area contributed by atoms with E-state index in [1.807, 2.05) is 0 Å². The van der Waals surface area contributed by atoms with Crippen LogP contribution in [-0.4, -0.2) is 31.1 Å². The first-order chi connectivity index (χ1) is 8.34. The average molecular weight is 271 g/mol. The third-order valence-electron chi connectivity index (χ3n) is 2.46. The topological polar surface area (TPSA) is 69.6 Å². The highest BCUT2D eigenvalue weighted by molar-refractivity contribution is 6.34. The van der Waals surface area contributed by atoms with E-state index in [1.54, 1.807) is 37.2 Å². The summed E-state index contributed by atoms with van der Waals surface area (Å²) in [6.07, 6.45) is 0. The Hall–Kier alpha value is -1.75. The van der Waals surface area contributed by atoms with Gasteiger partial charge in [-0.15, -0.1) is 0 Å². The molecule has 0 aliphatic rings. The molecule has 0 aromatic heterocycles. The van der Waals surface area contributed by atoms with Gasteiger partial charge in [0.1, 0.15) is 5.92 Å². The van der Waals surface area contributed by atoms with Crippen molar-refractivity contribution in [1.82, 2.24) is 0 Å². The van der Waals surface area contributed by atoms with Gasteiger partial charge in [0.15, 0.2) is 0 Å². The van der Waals surface area contributed by atoms with Gasteiger partial charge in [-0.3, -0.25) is 9.59 Å². The maximum Gasteiger partial charge on any atom is 0.315 e. The molecule has 1 rings (SSSR count). The van der Waals surface area contributed by atoms with Gasteiger partial charge >= 0.3 is 5.97 Å². The van der Waals surface area contributed by atoms with Crippen molar-refractivity contribution >= 4 is 34.9 Å². The normalized spacial score (nSPS) is 11.8. The molecule has 5 nitrogen and oxygen atoms in total. The Balaban J connectivity index is 3.01. The summed E-state index contributed by atoms with van der Waals surface area (Å²) in [5.74, 6) is -2.85. The number of hydrogen-bond donors (Lipinski definition) is 2. The molecule has 0 aliphatic heterocycles. The number of halogens is 1. The van der Waals surface area contributed by atoms with Crippen LogP contribution in [0.2, 0.25) is 5.02 Å². The van der Waals surface area contributed by atoms with Gasteiger partial charge in [-0.05, 0) is 19.1 Å². The molecule has 1 unspecified atom stereocenters. The molecule has 1 atom stereocenters.